The second-order valence-corrected chi connectivity index (χ2v) is 5.67. The van der Waals surface area contributed by atoms with Crippen molar-refractivity contribution in [2.75, 3.05) is 32.8 Å². The highest BCUT2D eigenvalue weighted by Crippen LogP contribution is 2.21. The molecule has 1 saturated heterocycles. The lowest BCUT2D eigenvalue weighted by molar-refractivity contribution is -0.385. The van der Waals surface area contributed by atoms with Crippen molar-refractivity contribution in [1.82, 2.24) is 9.80 Å². The average molecular weight is 349 g/mol. The van der Waals surface area contributed by atoms with Gasteiger partial charge >= 0.3 is 5.97 Å². The second kappa shape index (κ2) is 7.73. The summed E-state index contributed by atoms with van der Waals surface area (Å²) in [5, 5.41) is 10.9. The topological polar surface area (TPSA) is 110 Å². The second-order valence-electron chi connectivity index (χ2n) is 5.67. The van der Waals surface area contributed by atoms with E-state index in [4.69, 9.17) is 4.74 Å². The largest absolute Gasteiger partial charge is 0.452 e. The predicted molar refractivity (Wildman–Crippen MR) is 86.9 cm³/mol. The smallest absolute Gasteiger partial charge is 0.339 e. The monoisotopic (exact) mass is 349 g/mol. The fraction of sp³-hybridized carbons (Fsp3) is 0.438. The summed E-state index contributed by atoms with van der Waals surface area (Å²) in [4.78, 5) is 49.0. The number of carbonyl (C=O) groups is 3. The van der Waals surface area contributed by atoms with Gasteiger partial charge in [-0.1, -0.05) is 6.07 Å². The van der Waals surface area contributed by atoms with Gasteiger partial charge in [0, 0.05) is 44.7 Å². The van der Waals surface area contributed by atoms with Crippen molar-refractivity contribution in [3.05, 3.63) is 39.4 Å². The Kier molecular flexibility index (Phi) is 5.68. The zero-order chi connectivity index (χ0) is 18.6. The molecule has 0 radical (unpaired) electrons. The Morgan fingerprint density at radius 2 is 1.76 bits per heavy atom. The minimum absolute atomic E-state index is 0.0420. The molecule has 0 saturated carbocycles. The first kappa shape index (κ1) is 18.4. The average Bonchev–Trinajstić information content (AvgIpc) is 2.59. The first-order valence-electron chi connectivity index (χ1n) is 7.75. The zero-order valence-electron chi connectivity index (χ0n) is 14.1. The Morgan fingerprint density at radius 3 is 2.32 bits per heavy atom. The van der Waals surface area contributed by atoms with E-state index >= 15 is 0 Å². The Bertz CT molecular complexity index is 710. The molecule has 2 rings (SSSR count). The number of hydrogen-bond acceptors (Lipinski definition) is 6. The van der Waals surface area contributed by atoms with Crippen LogP contribution in [0.1, 0.15) is 22.8 Å². The Hall–Kier alpha value is -2.97. The van der Waals surface area contributed by atoms with Gasteiger partial charge in [0.15, 0.2) is 6.61 Å². The van der Waals surface area contributed by atoms with E-state index in [0.717, 1.165) is 0 Å². The van der Waals surface area contributed by atoms with Crippen LogP contribution in [0.3, 0.4) is 0 Å². The molecule has 0 atom stereocenters. The number of esters is 1. The van der Waals surface area contributed by atoms with E-state index in [1.165, 1.54) is 36.9 Å². The number of nitro groups is 1. The molecule has 9 nitrogen and oxygen atoms in total. The van der Waals surface area contributed by atoms with E-state index in [0.29, 0.717) is 26.2 Å². The highest BCUT2D eigenvalue weighted by molar-refractivity contribution is 5.93. The molecule has 0 aromatic heterocycles. The summed E-state index contributed by atoms with van der Waals surface area (Å²) in [6.07, 6.45) is 0. The first-order chi connectivity index (χ1) is 11.8. The van der Waals surface area contributed by atoms with E-state index in [9.17, 15) is 24.5 Å². The fourth-order valence-electron chi connectivity index (χ4n) is 2.61. The highest BCUT2D eigenvalue weighted by Gasteiger charge is 2.24. The molecule has 2 amide bonds. The van der Waals surface area contributed by atoms with E-state index in [2.05, 4.69) is 0 Å². The summed E-state index contributed by atoms with van der Waals surface area (Å²) in [5.41, 5.74) is 0.0737. The maximum Gasteiger partial charge on any atom is 0.339 e. The van der Waals surface area contributed by atoms with Gasteiger partial charge in [-0.25, -0.2) is 4.79 Å². The Balaban J connectivity index is 1.92. The summed E-state index contributed by atoms with van der Waals surface area (Å²) in [6, 6.07) is 4.11. The van der Waals surface area contributed by atoms with Crippen molar-refractivity contribution in [3.63, 3.8) is 0 Å². The van der Waals surface area contributed by atoms with Gasteiger partial charge in [-0.2, -0.15) is 0 Å². The van der Waals surface area contributed by atoms with E-state index in [-0.39, 0.29) is 28.6 Å². The number of rotatable bonds is 4. The molecular weight excluding hydrogens is 330 g/mol. The molecule has 0 spiro atoms. The van der Waals surface area contributed by atoms with Crippen molar-refractivity contribution in [3.8, 4) is 0 Å². The van der Waals surface area contributed by atoms with Crippen LogP contribution in [-0.2, 0) is 14.3 Å². The summed E-state index contributed by atoms with van der Waals surface area (Å²) < 4.78 is 5.00. The molecule has 1 aromatic rings. The SMILES string of the molecule is CC(=O)N1CCN(C(=O)COC(=O)c2cccc([N+](=O)[O-])c2C)CC1. The van der Waals surface area contributed by atoms with Crippen LogP contribution in [-0.4, -0.2) is 65.3 Å². The molecule has 1 aliphatic heterocycles. The van der Waals surface area contributed by atoms with Crippen LogP contribution < -0.4 is 0 Å². The van der Waals surface area contributed by atoms with Gasteiger partial charge in [-0.15, -0.1) is 0 Å². The molecule has 1 aromatic carbocycles. The lowest BCUT2D eigenvalue weighted by Gasteiger charge is -2.34. The summed E-state index contributed by atoms with van der Waals surface area (Å²) in [5.74, 6) is -1.18. The number of amides is 2. The summed E-state index contributed by atoms with van der Waals surface area (Å²) in [6.45, 7) is 4.13. The summed E-state index contributed by atoms with van der Waals surface area (Å²) >= 11 is 0. The number of ether oxygens (including phenoxy) is 1. The van der Waals surface area contributed by atoms with Crippen LogP contribution in [0.15, 0.2) is 18.2 Å². The van der Waals surface area contributed by atoms with Crippen LogP contribution in [0.5, 0.6) is 0 Å². The molecule has 25 heavy (non-hydrogen) atoms. The molecule has 134 valence electrons. The number of nitro benzene ring substituents is 1. The van der Waals surface area contributed by atoms with Gasteiger partial charge in [0.05, 0.1) is 10.5 Å². The van der Waals surface area contributed by atoms with E-state index < -0.39 is 17.5 Å². The third-order valence-electron chi connectivity index (χ3n) is 4.13. The first-order valence-corrected chi connectivity index (χ1v) is 7.75. The van der Waals surface area contributed by atoms with Crippen LogP contribution in [0.4, 0.5) is 5.69 Å². The minimum atomic E-state index is -0.781. The van der Waals surface area contributed by atoms with Gasteiger partial charge < -0.3 is 14.5 Å². The van der Waals surface area contributed by atoms with Crippen molar-refractivity contribution in [2.45, 2.75) is 13.8 Å². The number of benzene rings is 1. The molecule has 0 bridgehead atoms. The lowest BCUT2D eigenvalue weighted by Crippen LogP contribution is -2.51. The fourth-order valence-corrected chi connectivity index (χ4v) is 2.61. The van der Waals surface area contributed by atoms with Crippen LogP contribution in [0, 0.1) is 17.0 Å². The third-order valence-corrected chi connectivity index (χ3v) is 4.13. The maximum absolute atomic E-state index is 12.1. The normalized spacial score (nSPS) is 14.2. The molecule has 1 aliphatic rings. The number of piperazine rings is 1. The van der Waals surface area contributed by atoms with Crippen LogP contribution >= 0.6 is 0 Å². The van der Waals surface area contributed by atoms with Gasteiger partial charge in [-0.05, 0) is 13.0 Å². The highest BCUT2D eigenvalue weighted by atomic mass is 16.6. The third kappa shape index (κ3) is 4.31. The standard InChI is InChI=1S/C16H19N3O6/c1-11-13(4-3-5-14(11)19(23)24)16(22)25-10-15(21)18-8-6-17(7-9-18)12(2)20/h3-5H,6-10H2,1-2H3. The van der Waals surface area contributed by atoms with Crippen LogP contribution in [0.25, 0.3) is 0 Å². The molecule has 1 fully saturated rings. The summed E-state index contributed by atoms with van der Waals surface area (Å²) in [7, 11) is 0. The lowest BCUT2D eigenvalue weighted by atomic mass is 10.1. The Labute approximate surface area is 144 Å². The van der Waals surface area contributed by atoms with Gasteiger partial charge in [0.25, 0.3) is 11.6 Å². The number of hydrogen-bond donors (Lipinski definition) is 0. The van der Waals surface area contributed by atoms with E-state index in [1.54, 1.807) is 4.90 Å². The van der Waals surface area contributed by atoms with Crippen molar-refractivity contribution in [2.24, 2.45) is 0 Å². The zero-order valence-corrected chi connectivity index (χ0v) is 14.1. The van der Waals surface area contributed by atoms with Gasteiger partial charge in [-0.3, -0.25) is 19.7 Å². The van der Waals surface area contributed by atoms with Crippen molar-refractivity contribution >= 4 is 23.5 Å². The Morgan fingerprint density at radius 1 is 1.16 bits per heavy atom. The molecule has 0 aliphatic carbocycles. The minimum Gasteiger partial charge on any atom is -0.452 e. The number of carbonyl (C=O) groups excluding carboxylic acids is 3. The molecular formula is C16H19N3O6. The molecule has 0 N–H and O–H groups in total. The van der Waals surface area contributed by atoms with Crippen molar-refractivity contribution < 1.29 is 24.0 Å². The quantitative estimate of drug-likeness (QED) is 0.451. The molecule has 0 unspecified atom stereocenters. The number of nitrogens with zero attached hydrogens (tertiary/aromatic N) is 3. The van der Waals surface area contributed by atoms with Crippen LogP contribution in [0.2, 0.25) is 0 Å². The predicted octanol–water partition coefficient (Wildman–Crippen LogP) is 0.751. The van der Waals surface area contributed by atoms with Crippen molar-refractivity contribution in [1.29, 1.82) is 0 Å². The maximum atomic E-state index is 12.1. The molecule has 1 heterocycles. The van der Waals surface area contributed by atoms with Gasteiger partial charge in [0.2, 0.25) is 5.91 Å². The van der Waals surface area contributed by atoms with Gasteiger partial charge in [0.1, 0.15) is 0 Å². The molecule has 9 heteroatoms. The van der Waals surface area contributed by atoms with E-state index in [1.807, 2.05) is 0 Å².